The Kier molecular flexibility index (Phi) is 6.56. The molecule has 0 unspecified atom stereocenters. The van der Waals surface area contributed by atoms with Gasteiger partial charge in [0.2, 0.25) is 0 Å². The van der Waals surface area contributed by atoms with Crippen LogP contribution in [0.5, 0.6) is 0 Å². The fourth-order valence-corrected chi connectivity index (χ4v) is 4.74. The molecule has 7 heteroatoms. The molecule has 0 radical (unpaired) electrons. The minimum Gasteiger partial charge on any atom is -0.350 e. The highest BCUT2D eigenvalue weighted by Gasteiger charge is 2.39. The van der Waals surface area contributed by atoms with E-state index in [1.807, 2.05) is 24.8 Å². The fourth-order valence-electron chi connectivity index (χ4n) is 4.53. The number of aryl methyl sites for hydroxylation is 2. The number of benzene rings is 2. The zero-order valence-corrected chi connectivity index (χ0v) is 19.9. The summed E-state index contributed by atoms with van der Waals surface area (Å²) in [6, 6.07) is 12.5. The third kappa shape index (κ3) is 4.67. The van der Waals surface area contributed by atoms with Crippen molar-refractivity contribution >= 4 is 40.7 Å². The van der Waals surface area contributed by atoms with Crippen LogP contribution in [0.4, 0.5) is 11.4 Å². The summed E-state index contributed by atoms with van der Waals surface area (Å²) in [6.07, 6.45) is 3.18. The number of amides is 3. The van der Waals surface area contributed by atoms with Crippen LogP contribution in [0.25, 0.3) is 0 Å². The first-order chi connectivity index (χ1) is 15.8. The smallest absolute Gasteiger partial charge is 0.283 e. The van der Waals surface area contributed by atoms with Crippen LogP contribution in [0.1, 0.15) is 47.7 Å². The molecule has 6 nitrogen and oxygen atoms in total. The molecule has 33 heavy (non-hydrogen) atoms. The van der Waals surface area contributed by atoms with Gasteiger partial charge in [-0.3, -0.25) is 14.4 Å². The lowest BCUT2D eigenvalue weighted by atomic mass is 9.94. The van der Waals surface area contributed by atoms with Gasteiger partial charge in [-0.1, -0.05) is 37.1 Å². The highest BCUT2D eigenvalue weighted by molar-refractivity contribution is 6.53. The van der Waals surface area contributed by atoms with E-state index in [1.54, 1.807) is 36.4 Å². The number of carbonyl (C=O) groups is 3. The van der Waals surface area contributed by atoms with Crippen molar-refractivity contribution in [2.75, 3.05) is 23.3 Å². The van der Waals surface area contributed by atoms with E-state index in [4.69, 9.17) is 11.6 Å². The van der Waals surface area contributed by atoms with E-state index in [9.17, 15) is 14.4 Å². The third-order valence-corrected chi connectivity index (χ3v) is 6.70. The molecule has 0 saturated carbocycles. The first-order valence-electron chi connectivity index (χ1n) is 11.3. The largest absolute Gasteiger partial charge is 0.350 e. The molecule has 3 amide bonds. The number of halogens is 1. The van der Waals surface area contributed by atoms with Gasteiger partial charge in [-0.2, -0.15) is 0 Å². The second kappa shape index (κ2) is 9.40. The van der Waals surface area contributed by atoms with Crippen LogP contribution in [0.2, 0.25) is 0 Å². The van der Waals surface area contributed by atoms with Gasteiger partial charge in [0.15, 0.2) is 0 Å². The SMILES string of the molecule is CCC1CCN(C(=O)c2cccc(NC3=C(Cl)C(=O)N(c4cc(C)cc(C)c4)C3=O)c2)CC1. The van der Waals surface area contributed by atoms with Gasteiger partial charge in [-0.25, -0.2) is 4.90 Å². The zero-order chi connectivity index (χ0) is 23.7. The second-order valence-electron chi connectivity index (χ2n) is 8.83. The molecule has 0 aromatic heterocycles. The third-order valence-electron chi connectivity index (χ3n) is 6.35. The molecule has 0 bridgehead atoms. The first-order valence-corrected chi connectivity index (χ1v) is 11.7. The van der Waals surface area contributed by atoms with E-state index in [1.165, 1.54) is 0 Å². The molecule has 2 aromatic carbocycles. The summed E-state index contributed by atoms with van der Waals surface area (Å²) < 4.78 is 0. The lowest BCUT2D eigenvalue weighted by Crippen LogP contribution is -2.38. The number of anilines is 2. The van der Waals surface area contributed by atoms with Crippen molar-refractivity contribution in [3.63, 3.8) is 0 Å². The predicted octanol–water partition coefficient (Wildman–Crippen LogP) is 5.00. The summed E-state index contributed by atoms with van der Waals surface area (Å²) in [5, 5.41) is 2.81. The highest BCUT2D eigenvalue weighted by atomic mass is 35.5. The number of hydrogen-bond acceptors (Lipinski definition) is 4. The lowest BCUT2D eigenvalue weighted by molar-refractivity contribution is -0.120. The van der Waals surface area contributed by atoms with Gasteiger partial charge in [-0.05, 0) is 74.1 Å². The molecule has 0 atom stereocenters. The summed E-state index contributed by atoms with van der Waals surface area (Å²) in [4.78, 5) is 41.8. The van der Waals surface area contributed by atoms with Crippen LogP contribution < -0.4 is 10.2 Å². The van der Waals surface area contributed by atoms with Crippen LogP contribution in [-0.4, -0.2) is 35.7 Å². The van der Waals surface area contributed by atoms with Crippen LogP contribution in [0.15, 0.2) is 53.2 Å². The molecule has 172 valence electrons. The molecule has 2 heterocycles. The maximum Gasteiger partial charge on any atom is 0.283 e. The quantitative estimate of drug-likeness (QED) is 0.631. The summed E-state index contributed by atoms with van der Waals surface area (Å²) >= 11 is 6.28. The van der Waals surface area contributed by atoms with Crippen molar-refractivity contribution in [3.05, 3.63) is 69.9 Å². The Bertz CT molecular complexity index is 1130. The van der Waals surface area contributed by atoms with Crippen LogP contribution in [0, 0.1) is 19.8 Å². The normalized spacial score (nSPS) is 17.2. The Morgan fingerprint density at radius 2 is 1.70 bits per heavy atom. The molecular formula is C26H28ClN3O3. The average Bonchev–Trinajstić information content (AvgIpc) is 3.01. The fraction of sp³-hybridized carbons (Fsp3) is 0.346. The zero-order valence-electron chi connectivity index (χ0n) is 19.2. The number of piperidine rings is 1. The molecule has 2 aliphatic rings. The van der Waals surface area contributed by atoms with Gasteiger partial charge in [0.1, 0.15) is 10.7 Å². The maximum atomic E-state index is 13.1. The average molecular weight is 466 g/mol. The standard InChI is InChI=1S/C26H28ClN3O3/c1-4-18-8-10-29(11-9-18)24(31)19-6-5-7-20(15-19)28-23-22(27)25(32)30(26(23)33)21-13-16(2)12-17(3)14-21/h5-7,12-15,18,28H,4,8-11H2,1-3H3. The Morgan fingerprint density at radius 3 is 2.33 bits per heavy atom. The van der Waals surface area contributed by atoms with E-state index in [0.717, 1.165) is 48.4 Å². The van der Waals surface area contributed by atoms with Crippen LogP contribution >= 0.6 is 11.6 Å². The number of rotatable bonds is 5. The van der Waals surface area contributed by atoms with Crippen LogP contribution in [-0.2, 0) is 9.59 Å². The molecule has 4 rings (SSSR count). The number of likely N-dealkylation sites (tertiary alicyclic amines) is 1. The van der Waals surface area contributed by atoms with E-state index in [0.29, 0.717) is 22.9 Å². The van der Waals surface area contributed by atoms with Gasteiger partial charge in [0.05, 0.1) is 5.69 Å². The molecular weight excluding hydrogens is 438 g/mol. The summed E-state index contributed by atoms with van der Waals surface area (Å²) in [7, 11) is 0. The van der Waals surface area contributed by atoms with Crippen molar-refractivity contribution in [2.24, 2.45) is 5.92 Å². The van der Waals surface area contributed by atoms with Crippen molar-refractivity contribution in [1.82, 2.24) is 4.90 Å². The highest BCUT2D eigenvalue weighted by Crippen LogP contribution is 2.31. The number of nitrogens with zero attached hydrogens (tertiary/aromatic N) is 2. The molecule has 1 N–H and O–H groups in total. The van der Waals surface area contributed by atoms with E-state index >= 15 is 0 Å². The van der Waals surface area contributed by atoms with E-state index < -0.39 is 11.8 Å². The van der Waals surface area contributed by atoms with Gasteiger partial charge >= 0.3 is 0 Å². The van der Waals surface area contributed by atoms with Gasteiger partial charge in [0.25, 0.3) is 17.7 Å². The minimum absolute atomic E-state index is 0.00850. The van der Waals surface area contributed by atoms with E-state index in [-0.39, 0.29) is 16.6 Å². The Morgan fingerprint density at radius 1 is 1.03 bits per heavy atom. The van der Waals surface area contributed by atoms with Crippen molar-refractivity contribution in [1.29, 1.82) is 0 Å². The van der Waals surface area contributed by atoms with Gasteiger partial charge < -0.3 is 10.2 Å². The Balaban J connectivity index is 1.52. The number of imide groups is 1. The number of hydrogen-bond donors (Lipinski definition) is 1. The van der Waals surface area contributed by atoms with Gasteiger partial charge in [0, 0.05) is 24.3 Å². The second-order valence-corrected chi connectivity index (χ2v) is 9.21. The van der Waals surface area contributed by atoms with Crippen molar-refractivity contribution in [3.8, 4) is 0 Å². The lowest BCUT2D eigenvalue weighted by Gasteiger charge is -2.31. The topological polar surface area (TPSA) is 69.7 Å². The Labute approximate surface area is 199 Å². The Hall–Kier alpha value is -3.12. The number of nitrogens with one attached hydrogen (secondary N) is 1. The summed E-state index contributed by atoms with van der Waals surface area (Å²) in [5.74, 6) is -0.435. The monoisotopic (exact) mass is 465 g/mol. The molecule has 0 spiro atoms. The number of carbonyl (C=O) groups excluding carboxylic acids is 3. The van der Waals surface area contributed by atoms with Crippen LogP contribution in [0.3, 0.4) is 0 Å². The summed E-state index contributed by atoms with van der Waals surface area (Å²) in [5.41, 5.74) is 3.44. The van der Waals surface area contributed by atoms with Crippen molar-refractivity contribution < 1.29 is 14.4 Å². The molecule has 2 aliphatic heterocycles. The maximum absolute atomic E-state index is 13.1. The molecule has 1 saturated heterocycles. The minimum atomic E-state index is -0.569. The van der Waals surface area contributed by atoms with E-state index in [2.05, 4.69) is 12.2 Å². The molecule has 0 aliphatic carbocycles. The van der Waals surface area contributed by atoms with Gasteiger partial charge in [-0.15, -0.1) is 0 Å². The first kappa shape index (κ1) is 23.1. The molecule has 2 aromatic rings. The molecule has 1 fully saturated rings. The van der Waals surface area contributed by atoms with Crippen molar-refractivity contribution in [2.45, 2.75) is 40.0 Å². The predicted molar refractivity (Wildman–Crippen MR) is 130 cm³/mol. The summed E-state index contributed by atoms with van der Waals surface area (Å²) in [6.45, 7) is 7.51.